The molecule has 0 aromatic heterocycles. The summed E-state index contributed by atoms with van der Waals surface area (Å²) in [6.45, 7) is 4.37. The summed E-state index contributed by atoms with van der Waals surface area (Å²) in [5.41, 5.74) is -0.257. The van der Waals surface area contributed by atoms with E-state index in [2.05, 4.69) is 10.2 Å². The van der Waals surface area contributed by atoms with Gasteiger partial charge in [-0.15, -0.1) is 0 Å². The van der Waals surface area contributed by atoms with Gasteiger partial charge in [-0.3, -0.25) is 0 Å². The SMILES string of the molecule is CC(C)(CNC(=O)O)CON. The Morgan fingerprint density at radius 1 is 1.73 bits per heavy atom. The number of carboxylic acid groups (broad SMARTS) is 1. The summed E-state index contributed by atoms with van der Waals surface area (Å²) < 4.78 is 0. The van der Waals surface area contributed by atoms with Gasteiger partial charge < -0.3 is 15.3 Å². The number of carbonyl (C=O) groups is 1. The number of hydrogen-bond acceptors (Lipinski definition) is 3. The van der Waals surface area contributed by atoms with E-state index in [4.69, 9.17) is 11.0 Å². The molecular formula is C6H14N2O3. The van der Waals surface area contributed by atoms with Crippen LogP contribution >= 0.6 is 0 Å². The van der Waals surface area contributed by atoms with Gasteiger partial charge in [0.1, 0.15) is 0 Å². The molecule has 11 heavy (non-hydrogen) atoms. The van der Waals surface area contributed by atoms with Crippen molar-refractivity contribution in [1.82, 2.24) is 5.32 Å². The zero-order valence-corrected chi connectivity index (χ0v) is 6.76. The van der Waals surface area contributed by atoms with Crippen LogP contribution in [0.15, 0.2) is 0 Å². The van der Waals surface area contributed by atoms with Crippen molar-refractivity contribution >= 4 is 6.09 Å². The van der Waals surface area contributed by atoms with Gasteiger partial charge in [0.25, 0.3) is 0 Å². The first-order valence-corrected chi connectivity index (χ1v) is 3.26. The highest BCUT2D eigenvalue weighted by atomic mass is 16.6. The average Bonchev–Trinajstić information content (AvgIpc) is 1.84. The minimum Gasteiger partial charge on any atom is -0.465 e. The molecule has 0 radical (unpaired) electrons. The van der Waals surface area contributed by atoms with Crippen molar-refractivity contribution < 1.29 is 14.7 Å². The molecule has 5 heteroatoms. The molecule has 0 atom stereocenters. The highest BCUT2D eigenvalue weighted by Gasteiger charge is 2.18. The first-order valence-electron chi connectivity index (χ1n) is 3.26. The maximum Gasteiger partial charge on any atom is 0.404 e. The summed E-state index contributed by atoms with van der Waals surface area (Å²) >= 11 is 0. The van der Waals surface area contributed by atoms with Gasteiger partial charge in [0, 0.05) is 12.0 Å². The molecule has 0 bridgehead atoms. The lowest BCUT2D eigenvalue weighted by atomic mass is 9.95. The highest BCUT2D eigenvalue weighted by molar-refractivity contribution is 5.64. The van der Waals surface area contributed by atoms with E-state index in [1.165, 1.54) is 0 Å². The van der Waals surface area contributed by atoms with Crippen molar-refractivity contribution in [2.24, 2.45) is 11.3 Å². The summed E-state index contributed by atoms with van der Waals surface area (Å²) in [6.07, 6.45) is -1.03. The molecule has 0 spiro atoms. The molecule has 0 saturated carbocycles. The summed E-state index contributed by atoms with van der Waals surface area (Å²) in [5.74, 6) is 4.85. The van der Waals surface area contributed by atoms with E-state index >= 15 is 0 Å². The molecule has 0 aliphatic rings. The van der Waals surface area contributed by atoms with Gasteiger partial charge in [0.15, 0.2) is 0 Å². The van der Waals surface area contributed by atoms with Gasteiger partial charge in [-0.1, -0.05) is 13.8 Å². The van der Waals surface area contributed by atoms with Gasteiger partial charge in [-0.2, -0.15) is 0 Å². The molecule has 0 heterocycles. The predicted molar refractivity (Wildman–Crippen MR) is 39.9 cm³/mol. The van der Waals surface area contributed by atoms with Crippen LogP contribution in [-0.2, 0) is 4.84 Å². The maximum absolute atomic E-state index is 10.1. The van der Waals surface area contributed by atoms with Crippen LogP contribution in [0.4, 0.5) is 4.79 Å². The zero-order valence-electron chi connectivity index (χ0n) is 6.76. The molecule has 0 aliphatic carbocycles. The molecule has 4 N–H and O–H groups in total. The molecule has 0 aromatic carbocycles. The first-order chi connectivity index (χ1) is 4.98. The van der Waals surface area contributed by atoms with E-state index in [-0.39, 0.29) is 5.41 Å². The van der Waals surface area contributed by atoms with Crippen molar-refractivity contribution in [2.75, 3.05) is 13.2 Å². The van der Waals surface area contributed by atoms with Gasteiger partial charge >= 0.3 is 6.09 Å². The number of nitrogens with two attached hydrogens (primary N) is 1. The summed E-state index contributed by atoms with van der Waals surface area (Å²) in [6, 6.07) is 0. The zero-order chi connectivity index (χ0) is 8.91. The Hall–Kier alpha value is -0.810. The second-order valence-electron chi connectivity index (χ2n) is 3.13. The normalized spacial score (nSPS) is 11.2. The van der Waals surface area contributed by atoms with Crippen LogP contribution in [0.2, 0.25) is 0 Å². The third-order valence-electron chi connectivity index (χ3n) is 1.19. The van der Waals surface area contributed by atoms with Crippen molar-refractivity contribution in [3.05, 3.63) is 0 Å². The van der Waals surface area contributed by atoms with Crippen LogP contribution in [0.5, 0.6) is 0 Å². The molecule has 66 valence electrons. The predicted octanol–water partition coefficient (Wildman–Crippen LogP) is 0.171. The van der Waals surface area contributed by atoms with E-state index in [1.807, 2.05) is 13.8 Å². The maximum atomic E-state index is 10.1. The molecular weight excluding hydrogens is 148 g/mol. The van der Waals surface area contributed by atoms with Crippen molar-refractivity contribution in [2.45, 2.75) is 13.8 Å². The number of amides is 1. The number of hydrogen-bond donors (Lipinski definition) is 3. The van der Waals surface area contributed by atoms with Crippen LogP contribution in [0.1, 0.15) is 13.8 Å². The Balaban J connectivity index is 3.63. The standard InChI is InChI=1S/C6H14N2O3/c1-6(2,4-11-7)3-8-5(9)10/h8H,3-4,7H2,1-2H3,(H,9,10). The minimum atomic E-state index is -1.03. The molecule has 0 saturated heterocycles. The van der Waals surface area contributed by atoms with Crippen molar-refractivity contribution in [3.8, 4) is 0 Å². The fraction of sp³-hybridized carbons (Fsp3) is 0.833. The third-order valence-corrected chi connectivity index (χ3v) is 1.19. The molecule has 0 fully saturated rings. The Kier molecular flexibility index (Phi) is 3.84. The topological polar surface area (TPSA) is 84.6 Å². The van der Waals surface area contributed by atoms with Gasteiger partial charge in [-0.25, -0.2) is 10.7 Å². The van der Waals surface area contributed by atoms with Crippen LogP contribution in [0.3, 0.4) is 0 Å². The van der Waals surface area contributed by atoms with E-state index in [1.54, 1.807) is 0 Å². The van der Waals surface area contributed by atoms with E-state index in [9.17, 15) is 4.79 Å². The quantitative estimate of drug-likeness (QED) is 0.514. The lowest BCUT2D eigenvalue weighted by Gasteiger charge is -2.22. The summed E-state index contributed by atoms with van der Waals surface area (Å²) in [5, 5.41) is 10.5. The average molecular weight is 162 g/mol. The first kappa shape index (κ1) is 10.2. The second kappa shape index (κ2) is 4.15. The largest absolute Gasteiger partial charge is 0.465 e. The van der Waals surface area contributed by atoms with Gasteiger partial charge in [-0.05, 0) is 0 Å². The van der Waals surface area contributed by atoms with Gasteiger partial charge in [0.05, 0.1) is 6.61 Å². The molecule has 0 aromatic rings. The highest BCUT2D eigenvalue weighted by Crippen LogP contribution is 2.12. The minimum absolute atomic E-state index is 0.257. The molecule has 0 aliphatic heterocycles. The van der Waals surface area contributed by atoms with Crippen LogP contribution < -0.4 is 11.2 Å². The summed E-state index contributed by atoms with van der Waals surface area (Å²) in [7, 11) is 0. The Bertz CT molecular complexity index is 136. The molecule has 5 nitrogen and oxygen atoms in total. The molecule has 0 rings (SSSR count). The Morgan fingerprint density at radius 3 is 2.64 bits per heavy atom. The van der Waals surface area contributed by atoms with Crippen molar-refractivity contribution in [3.63, 3.8) is 0 Å². The Morgan fingerprint density at radius 2 is 2.27 bits per heavy atom. The van der Waals surface area contributed by atoms with Crippen LogP contribution in [-0.4, -0.2) is 24.4 Å². The van der Waals surface area contributed by atoms with E-state index in [0.717, 1.165) is 0 Å². The fourth-order valence-electron chi connectivity index (χ4n) is 0.592. The van der Waals surface area contributed by atoms with Crippen LogP contribution in [0.25, 0.3) is 0 Å². The molecule has 1 amide bonds. The number of nitrogens with one attached hydrogen (secondary N) is 1. The third kappa shape index (κ3) is 5.63. The van der Waals surface area contributed by atoms with E-state index in [0.29, 0.717) is 13.2 Å². The fourth-order valence-corrected chi connectivity index (χ4v) is 0.592. The van der Waals surface area contributed by atoms with Crippen molar-refractivity contribution in [1.29, 1.82) is 0 Å². The smallest absolute Gasteiger partial charge is 0.404 e. The van der Waals surface area contributed by atoms with E-state index < -0.39 is 6.09 Å². The van der Waals surface area contributed by atoms with Gasteiger partial charge in [0.2, 0.25) is 0 Å². The lowest BCUT2D eigenvalue weighted by molar-refractivity contribution is 0.0624. The van der Waals surface area contributed by atoms with Crippen LogP contribution in [0, 0.1) is 5.41 Å². The summed E-state index contributed by atoms with van der Waals surface area (Å²) in [4.78, 5) is 14.5. The number of rotatable bonds is 4. The molecule has 0 unspecified atom stereocenters. The Labute approximate surface area is 65.5 Å². The monoisotopic (exact) mass is 162 g/mol. The lowest BCUT2D eigenvalue weighted by Crippen LogP contribution is -2.36. The second-order valence-corrected chi connectivity index (χ2v) is 3.13.